The molecule has 0 spiro atoms. The molecule has 4 N–H and O–H groups in total. The smallest absolute Gasteiger partial charge is 0.217 e. The average molecular weight is 294 g/mol. The third-order valence-corrected chi connectivity index (χ3v) is 3.59. The van der Waals surface area contributed by atoms with Gasteiger partial charge < -0.3 is 25.6 Å². The molecule has 1 aromatic rings. The van der Waals surface area contributed by atoms with Crippen molar-refractivity contribution in [1.82, 2.24) is 5.32 Å². The van der Waals surface area contributed by atoms with Gasteiger partial charge in [0.25, 0.3) is 0 Å². The molecule has 2 rings (SSSR count). The second-order valence-electron chi connectivity index (χ2n) is 5.30. The number of carbonyl (C=O) groups excluding carboxylic acids is 1. The largest absolute Gasteiger partial charge is 0.369 e. The minimum atomic E-state index is -1.13. The van der Waals surface area contributed by atoms with Crippen molar-refractivity contribution >= 4 is 5.91 Å². The SMILES string of the molecule is CC(=O)N[C@@H]1[C@@H](OCc2ccccc2)[C@@H](N)[C@H](C)O[C@@H]1O. The maximum absolute atomic E-state index is 11.3. The van der Waals surface area contributed by atoms with Crippen LogP contribution in [0.15, 0.2) is 30.3 Å². The highest BCUT2D eigenvalue weighted by atomic mass is 16.6. The molecule has 1 aliphatic rings. The van der Waals surface area contributed by atoms with Gasteiger partial charge in [-0.15, -0.1) is 0 Å². The molecule has 0 aliphatic carbocycles. The first-order chi connectivity index (χ1) is 9.99. The van der Waals surface area contributed by atoms with Gasteiger partial charge in [-0.25, -0.2) is 0 Å². The van der Waals surface area contributed by atoms with E-state index in [1.165, 1.54) is 6.92 Å². The first-order valence-corrected chi connectivity index (χ1v) is 7.01. The van der Waals surface area contributed by atoms with Crippen LogP contribution < -0.4 is 11.1 Å². The lowest BCUT2D eigenvalue weighted by molar-refractivity contribution is -0.220. The van der Waals surface area contributed by atoms with E-state index in [0.29, 0.717) is 6.61 Å². The fourth-order valence-corrected chi connectivity index (χ4v) is 2.43. The van der Waals surface area contributed by atoms with Crippen molar-refractivity contribution in [3.8, 4) is 0 Å². The number of aliphatic hydroxyl groups excluding tert-OH is 1. The zero-order chi connectivity index (χ0) is 15.4. The van der Waals surface area contributed by atoms with Crippen molar-refractivity contribution in [3.63, 3.8) is 0 Å². The first-order valence-electron chi connectivity index (χ1n) is 7.01. The monoisotopic (exact) mass is 294 g/mol. The number of rotatable bonds is 4. The molecule has 116 valence electrons. The summed E-state index contributed by atoms with van der Waals surface area (Å²) in [5, 5.41) is 12.7. The number of nitrogens with two attached hydrogens (primary N) is 1. The van der Waals surface area contributed by atoms with Gasteiger partial charge in [-0.3, -0.25) is 4.79 Å². The Balaban J connectivity index is 2.08. The lowest BCUT2D eigenvalue weighted by Crippen LogP contribution is -2.66. The summed E-state index contributed by atoms with van der Waals surface area (Å²) >= 11 is 0. The molecule has 0 aromatic heterocycles. The standard InChI is InChI=1S/C15H22N2O4/c1-9-12(16)14(13(15(19)21-9)17-10(2)18)20-8-11-6-4-3-5-7-11/h3-7,9,12-15,19H,8,16H2,1-2H3,(H,17,18)/t9-,12-,13+,14-,15-/m0/s1. The molecule has 6 nitrogen and oxygen atoms in total. The Hall–Kier alpha value is -1.47. The zero-order valence-electron chi connectivity index (χ0n) is 12.2. The maximum Gasteiger partial charge on any atom is 0.217 e. The zero-order valence-corrected chi connectivity index (χ0v) is 12.2. The van der Waals surface area contributed by atoms with E-state index in [1.807, 2.05) is 30.3 Å². The second-order valence-corrected chi connectivity index (χ2v) is 5.30. The van der Waals surface area contributed by atoms with Crippen LogP contribution in [0.5, 0.6) is 0 Å². The van der Waals surface area contributed by atoms with E-state index < -0.39 is 24.5 Å². The van der Waals surface area contributed by atoms with Crippen LogP contribution in [-0.4, -0.2) is 41.6 Å². The maximum atomic E-state index is 11.3. The third kappa shape index (κ3) is 4.01. The summed E-state index contributed by atoms with van der Waals surface area (Å²) in [6.07, 6.45) is -2.01. The molecule has 1 heterocycles. The number of nitrogens with one attached hydrogen (secondary N) is 1. The summed E-state index contributed by atoms with van der Waals surface area (Å²) in [6.45, 7) is 3.51. The van der Waals surface area contributed by atoms with Gasteiger partial charge in [-0.1, -0.05) is 30.3 Å². The quantitative estimate of drug-likeness (QED) is 0.734. The fraction of sp³-hybridized carbons (Fsp3) is 0.533. The molecule has 0 unspecified atom stereocenters. The molecule has 21 heavy (non-hydrogen) atoms. The summed E-state index contributed by atoms with van der Waals surface area (Å²) in [5.74, 6) is -0.266. The lowest BCUT2D eigenvalue weighted by Gasteiger charge is -2.42. The van der Waals surface area contributed by atoms with Gasteiger partial charge in [0.2, 0.25) is 5.91 Å². The molecule has 0 saturated carbocycles. The summed E-state index contributed by atoms with van der Waals surface area (Å²) < 4.78 is 11.2. The number of ether oxygens (including phenoxy) is 2. The summed E-state index contributed by atoms with van der Waals surface area (Å²) in [7, 11) is 0. The predicted octanol–water partition coefficient (Wildman–Crippen LogP) is 0.141. The Labute approximate surface area is 124 Å². The molecular weight excluding hydrogens is 272 g/mol. The van der Waals surface area contributed by atoms with E-state index in [0.717, 1.165) is 5.56 Å². The normalized spacial score (nSPS) is 32.7. The highest BCUT2D eigenvalue weighted by Gasteiger charge is 2.43. The summed E-state index contributed by atoms with van der Waals surface area (Å²) in [5.41, 5.74) is 7.10. The highest BCUT2D eigenvalue weighted by Crippen LogP contribution is 2.22. The second kappa shape index (κ2) is 7.00. The van der Waals surface area contributed by atoms with Crippen molar-refractivity contribution < 1.29 is 19.4 Å². The fourth-order valence-electron chi connectivity index (χ4n) is 2.43. The third-order valence-electron chi connectivity index (χ3n) is 3.59. The number of benzene rings is 1. The van der Waals surface area contributed by atoms with Gasteiger partial charge in [0.05, 0.1) is 18.8 Å². The minimum Gasteiger partial charge on any atom is -0.369 e. The van der Waals surface area contributed by atoms with E-state index in [1.54, 1.807) is 6.92 Å². The Morgan fingerprint density at radius 1 is 1.43 bits per heavy atom. The van der Waals surface area contributed by atoms with E-state index in [4.69, 9.17) is 15.2 Å². The number of aliphatic hydroxyl groups is 1. The molecule has 1 aromatic carbocycles. The number of amides is 1. The number of carbonyl (C=O) groups is 1. The Morgan fingerprint density at radius 3 is 2.71 bits per heavy atom. The molecule has 0 radical (unpaired) electrons. The van der Waals surface area contributed by atoms with Gasteiger partial charge in [0.1, 0.15) is 12.1 Å². The van der Waals surface area contributed by atoms with Crippen LogP contribution in [0.25, 0.3) is 0 Å². The molecule has 1 fully saturated rings. The van der Waals surface area contributed by atoms with E-state index >= 15 is 0 Å². The Kier molecular flexibility index (Phi) is 5.30. The van der Waals surface area contributed by atoms with Crippen molar-refractivity contribution in [2.24, 2.45) is 5.73 Å². The number of hydrogen-bond donors (Lipinski definition) is 3. The lowest BCUT2D eigenvalue weighted by atomic mass is 9.95. The van der Waals surface area contributed by atoms with E-state index in [9.17, 15) is 9.90 Å². The summed E-state index contributed by atoms with van der Waals surface area (Å²) in [6, 6.07) is 8.54. The average Bonchev–Trinajstić information content (AvgIpc) is 2.45. The molecule has 5 atom stereocenters. The van der Waals surface area contributed by atoms with Gasteiger partial charge >= 0.3 is 0 Å². The van der Waals surface area contributed by atoms with Crippen LogP contribution in [-0.2, 0) is 20.9 Å². The van der Waals surface area contributed by atoms with Crippen LogP contribution in [0.4, 0.5) is 0 Å². The Morgan fingerprint density at radius 2 is 2.10 bits per heavy atom. The molecule has 1 amide bonds. The molecule has 1 aliphatic heterocycles. The van der Waals surface area contributed by atoms with Crippen LogP contribution in [0.1, 0.15) is 19.4 Å². The first kappa shape index (κ1) is 15.9. The van der Waals surface area contributed by atoms with E-state index in [2.05, 4.69) is 5.32 Å². The van der Waals surface area contributed by atoms with Crippen LogP contribution in [0.3, 0.4) is 0 Å². The summed E-state index contributed by atoms with van der Waals surface area (Å²) in [4.78, 5) is 11.3. The van der Waals surface area contributed by atoms with Gasteiger partial charge in [0.15, 0.2) is 6.29 Å². The van der Waals surface area contributed by atoms with Crippen molar-refractivity contribution in [2.75, 3.05) is 0 Å². The molecule has 1 saturated heterocycles. The Bertz CT molecular complexity index is 468. The molecule has 0 bridgehead atoms. The van der Waals surface area contributed by atoms with Crippen molar-refractivity contribution in [3.05, 3.63) is 35.9 Å². The minimum absolute atomic E-state index is 0.266. The topological polar surface area (TPSA) is 93.8 Å². The van der Waals surface area contributed by atoms with Crippen LogP contribution in [0, 0.1) is 0 Å². The number of hydrogen-bond acceptors (Lipinski definition) is 5. The van der Waals surface area contributed by atoms with E-state index in [-0.39, 0.29) is 12.0 Å². The van der Waals surface area contributed by atoms with Gasteiger partial charge in [-0.05, 0) is 12.5 Å². The van der Waals surface area contributed by atoms with Gasteiger partial charge in [-0.2, -0.15) is 0 Å². The van der Waals surface area contributed by atoms with Crippen LogP contribution >= 0.6 is 0 Å². The molecular formula is C15H22N2O4. The molecule has 6 heteroatoms. The van der Waals surface area contributed by atoms with Crippen LogP contribution in [0.2, 0.25) is 0 Å². The predicted molar refractivity (Wildman–Crippen MR) is 77.2 cm³/mol. The van der Waals surface area contributed by atoms with Crippen molar-refractivity contribution in [1.29, 1.82) is 0 Å². The van der Waals surface area contributed by atoms with Gasteiger partial charge in [0, 0.05) is 6.92 Å². The van der Waals surface area contributed by atoms with Crippen molar-refractivity contribution in [2.45, 2.75) is 51.0 Å². The highest BCUT2D eigenvalue weighted by molar-refractivity contribution is 5.73.